The van der Waals surface area contributed by atoms with Gasteiger partial charge >= 0.3 is 6.03 Å². The molecule has 3 aromatic rings. The fraction of sp³-hybridized carbons (Fsp3) is 0.429. The number of piperazine rings is 1. The van der Waals surface area contributed by atoms with Crippen molar-refractivity contribution in [3.05, 3.63) is 42.6 Å². The first-order chi connectivity index (χ1) is 13.8. The summed E-state index contributed by atoms with van der Waals surface area (Å²) in [7, 11) is 0. The number of fused-ring (bicyclic) bond motifs is 3. The Balaban J connectivity index is 1.28. The Kier molecular flexibility index (Phi) is 4.52. The fourth-order valence-electron chi connectivity index (χ4n) is 4.18. The van der Waals surface area contributed by atoms with Gasteiger partial charge in [0.1, 0.15) is 0 Å². The average Bonchev–Trinajstić information content (AvgIpc) is 3.43. The fourth-order valence-corrected chi connectivity index (χ4v) is 4.18. The molecule has 2 aliphatic heterocycles. The number of hydrogen-bond donors (Lipinski definition) is 1. The number of urea groups is 1. The molecule has 146 valence electrons. The van der Waals surface area contributed by atoms with Crippen LogP contribution >= 0.6 is 0 Å². The number of carbonyl (C=O) groups is 1. The van der Waals surface area contributed by atoms with Crippen molar-refractivity contribution in [2.45, 2.75) is 18.9 Å². The summed E-state index contributed by atoms with van der Waals surface area (Å²) >= 11 is 0. The lowest BCUT2D eigenvalue weighted by molar-refractivity contribution is 0.108. The summed E-state index contributed by atoms with van der Waals surface area (Å²) in [5.74, 6) is 0.989. The van der Waals surface area contributed by atoms with E-state index >= 15 is 0 Å². The lowest BCUT2D eigenvalue weighted by Crippen LogP contribution is -2.52. The van der Waals surface area contributed by atoms with Crippen molar-refractivity contribution < 1.29 is 9.53 Å². The topological polar surface area (TPSA) is 62.1 Å². The van der Waals surface area contributed by atoms with Gasteiger partial charge in [-0.25, -0.2) is 9.78 Å². The smallest absolute Gasteiger partial charge is 0.317 e. The van der Waals surface area contributed by atoms with Gasteiger partial charge in [0, 0.05) is 45.5 Å². The van der Waals surface area contributed by atoms with Crippen molar-refractivity contribution >= 4 is 28.4 Å². The SMILES string of the molecule is O=C(NC[C@H]1CCCO1)N1CCN(c2nc3ccccc3n3cccc23)CC1. The van der Waals surface area contributed by atoms with Crippen molar-refractivity contribution in [3.8, 4) is 0 Å². The van der Waals surface area contributed by atoms with E-state index in [1.807, 2.05) is 23.1 Å². The standard InChI is InChI=1S/C21H25N5O2/c27-21(22-15-16-5-4-14-28-16)25-12-10-24(11-13-25)20-19-8-3-9-26(19)18-7-2-1-6-17(18)23-20/h1-3,6-9,16H,4-5,10-15H2,(H,22,27)/t16-/m1/s1. The lowest BCUT2D eigenvalue weighted by atomic mass is 10.2. The second kappa shape index (κ2) is 7.31. The highest BCUT2D eigenvalue weighted by molar-refractivity contribution is 5.85. The molecule has 7 heteroatoms. The highest BCUT2D eigenvalue weighted by Crippen LogP contribution is 2.26. The number of ether oxygens (including phenoxy) is 1. The lowest BCUT2D eigenvalue weighted by Gasteiger charge is -2.36. The van der Waals surface area contributed by atoms with E-state index in [-0.39, 0.29) is 12.1 Å². The molecule has 7 nitrogen and oxygen atoms in total. The molecule has 0 saturated carbocycles. The van der Waals surface area contributed by atoms with Gasteiger partial charge in [0.25, 0.3) is 0 Å². The number of benzene rings is 1. The van der Waals surface area contributed by atoms with E-state index in [1.165, 1.54) is 0 Å². The number of anilines is 1. The Bertz CT molecular complexity index is 987. The zero-order valence-electron chi connectivity index (χ0n) is 15.9. The molecule has 0 radical (unpaired) electrons. The van der Waals surface area contributed by atoms with Gasteiger partial charge in [-0.2, -0.15) is 0 Å². The Morgan fingerprint density at radius 2 is 1.93 bits per heavy atom. The molecule has 1 aromatic carbocycles. The van der Waals surface area contributed by atoms with Crippen LogP contribution in [0.5, 0.6) is 0 Å². The number of nitrogens with zero attached hydrogens (tertiary/aromatic N) is 4. The van der Waals surface area contributed by atoms with Crippen LogP contribution in [-0.2, 0) is 4.74 Å². The molecule has 0 bridgehead atoms. The van der Waals surface area contributed by atoms with Crippen molar-refractivity contribution in [2.75, 3.05) is 44.2 Å². The van der Waals surface area contributed by atoms with Crippen molar-refractivity contribution in [2.24, 2.45) is 0 Å². The van der Waals surface area contributed by atoms with Crippen LogP contribution < -0.4 is 10.2 Å². The minimum atomic E-state index is 0.00875. The molecule has 1 N–H and O–H groups in total. The van der Waals surface area contributed by atoms with Crippen LogP contribution in [0.4, 0.5) is 10.6 Å². The minimum Gasteiger partial charge on any atom is -0.376 e. The number of nitrogens with one attached hydrogen (secondary N) is 1. The van der Waals surface area contributed by atoms with Gasteiger partial charge in [-0.1, -0.05) is 12.1 Å². The molecule has 0 spiro atoms. The van der Waals surface area contributed by atoms with Gasteiger partial charge in [-0.15, -0.1) is 0 Å². The van der Waals surface area contributed by atoms with Gasteiger partial charge in [-0.3, -0.25) is 0 Å². The molecule has 2 fully saturated rings. The molecule has 5 rings (SSSR count). The molecule has 2 amide bonds. The maximum atomic E-state index is 12.5. The van der Waals surface area contributed by atoms with Gasteiger partial charge in [0.05, 0.1) is 22.7 Å². The Labute approximate surface area is 163 Å². The van der Waals surface area contributed by atoms with Crippen LogP contribution in [0.15, 0.2) is 42.6 Å². The highest BCUT2D eigenvalue weighted by atomic mass is 16.5. The number of para-hydroxylation sites is 2. The van der Waals surface area contributed by atoms with Crippen LogP contribution in [0.2, 0.25) is 0 Å². The number of rotatable bonds is 3. The second-order valence-electron chi connectivity index (χ2n) is 7.48. The van der Waals surface area contributed by atoms with Crippen LogP contribution in [0, 0.1) is 0 Å². The molecule has 2 aliphatic rings. The first-order valence-electron chi connectivity index (χ1n) is 10.0. The molecule has 2 aromatic heterocycles. The summed E-state index contributed by atoms with van der Waals surface area (Å²) in [6.45, 7) is 4.36. The summed E-state index contributed by atoms with van der Waals surface area (Å²) < 4.78 is 7.77. The quantitative estimate of drug-likeness (QED) is 0.760. The number of carbonyl (C=O) groups excluding carboxylic acids is 1. The van der Waals surface area contributed by atoms with Crippen molar-refractivity contribution in [1.29, 1.82) is 0 Å². The van der Waals surface area contributed by atoms with E-state index in [1.54, 1.807) is 0 Å². The minimum absolute atomic E-state index is 0.00875. The van der Waals surface area contributed by atoms with Crippen molar-refractivity contribution in [3.63, 3.8) is 0 Å². The third-order valence-electron chi connectivity index (χ3n) is 5.72. The van der Waals surface area contributed by atoms with Crippen LogP contribution in [-0.4, -0.2) is 65.8 Å². The van der Waals surface area contributed by atoms with Gasteiger partial charge < -0.3 is 24.3 Å². The summed E-state index contributed by atoms with van der Waals surface area (Å²) in [6.07, 6.45) is 4.38. The van der Waals surface area contributed by atoms with Crippen LogP contribution in [0.1, 0.15) is 12.8 Å². The van der Waals surface area contributed by atoms with Crippen molar-refractivity contribution in [1.82, 2.24) is 19.6 Å². The number of hydrogen-bond acceptors (Lipinski definition) is 4. The largest absolute Gasteiger partial charge is 0.376 e. The van der Waals surface area contributed by atoms with E-state index in [2.05, 4.69) is 39.0 Å². The number of amides is 2. The van der Waals surface area contributed by atoms with Crippen LogP contribution in [0.25, 0.3) is 16.6 Å². The predicted octanol–water partition coefficient (Wildman–Crippen LogP) is 2.50. The van der Waals surface area contributed by atoms with E-state index < -0.39 is 0 Å². The molecule has 0 aliphatic carbocycles. The highest BCUT2D eigenvalue weighted by Gasteiger charge is 2.25. The van der Waals surface area contributed by atoms with Gasteiger partial charge in [-0.05, 0) is 37.1 Å². The zero-order chi connectivity index (χ0) is 18.9. The Morgan fingerprint density at radius 3 is 2.75 bits per heavy atom. The Morgan fingerprint density at radius 1 is 1.11 bits per heavy atom. The molecular weight excluding hydrogens is 354 g/mol. The third-order valence-corrected chi connectivity index (χ3v) is 5.72. The van der Waals surface area contributed by atoms with Gasteiger partial charge in [0.15, 0.2) is 5.82 Å². The molecule has 28 heavy (non-hydrogen) atoms. The maximum absolute atomic E-state index is 12.5. The third kappa shape index (κ3) is 3.16. The molecular formula is C21H25N5O2. The van der Waals surface area contributed by atoms with E-state index in [9.17, 15) is 4.79 Å². The predicted molar refractivity (Wildman–Crippen MR) is 109 cm³/mol. The molecule has 1 atom stereocenters. The molecule has 0 unspecified atom stereocenters. The summed E-state index contributed by atoms with van der Waals surface area (Å²) in [5.41, 5.74) is 3.20. The first kappa shape index (κ1) is 17.3. The van der Waals surface area contributed by atoms with E-state index in [0.29, 0.717) is 19.6 Å². The summed E-state index contributed by atoms with van der Waals surface area (Å²) in [6, 6.07) is 12.4. The van der Waals surface area contributed by atoms with Crippen LogP contribution in [0.3, 0.4) is 0 Å². The van der Waals surface area contributed by atoms with E-state index in [4.69, 9.17) is 9.72 Å². The average molecular weight is 379 g/mol. The molecule has 4 heterocycles. The van der Waals surface area contributed by atoms with Gasteiger partial charge in [0.2, 0.25) is 0 Å². The summed E-state index contributed by atoms with van der Waals surface area (Å²) in [4.78, 5) is 21.6. The first-order valence-corrected chi connectivity index (χ1v) is 10.0. The summed E-state index contributed by atoms with van der Waals surface area (Å²) in [5, 5.41) is 3.02. The normalized spacial score (nSPS) is 20.2. The zero-order valence-corrected chi connectivity index (χ0v) is 15.9. The molecule has 2 saturated heterocycles. The maximum Gasteiger partial charge on any atom is 0.317 e. The Hall–Kier alpha value is -2.80. The monoisotopic (exact) mass is 379 g/mol. The van der Waals surface area contributed by atoms with E-state index in [0.717, 1.165) is 54.9 Å². The second-order valence-corrected chi connectivity index (χ2v) is 7.48. The number of aromatic nitrogens is 2.